The van der Waals surface area contributed by atoms with Gasteiger partial charge in [0.1, 0.15) is 0 Å². The van der Waals surface area contributed by atoms with E-state index in [1.165, 1.54) is 61.1 Å². The van der Waals surface area contributed by atoms with Gasteiger partial charge in [0.05, 0.1) is 5.88 Å². The quantitative estimate of drug-likeness (QED) is 0.431. The molecule has 1 aromatic rings. The van der Waals surface area contributed by atoms with Crippen LogP contribution >= 0.6 is 11.8 Å². The highest BCUT2D eigenvalue weighted by Crippen LogP contribution is 2.15. The summed E-state index contributed by atoms with van der Waals surface area (Å²) in [6, 6.07) is 6.66. The molecule has 0 aliphatic carbocycles. The van der Waals surface area contributed by atoms with Crippen LogP contribution in [0.2, 0.25) is 0 Å². The third kappa shape index (κ3) is 8.20. The number of benzene rings is 1. The van der Waals surface area contributed by atoms with Gasteiger partial charge < -0.3 is 5.32 Å². The summed E-state index contributed by atoms with van der Waals surface area (Å²) in [4.78, 5) is 0. The van der Waals surface area contributed by atoms with E-state index >= 15 is 0 Å². The van der Waals surface area contributed by atoms with Crippen molar-refractivity contribution < 1.29 is 0 Å². The van der Waals surface area contributed by atoms with Gasteiger partial charge in [-0.1, -0.05) is 45.1 Å². The summed E-state index contributed by atoms with van der Waals surface area (Å²) < 4.78 is 0. The van der Waals surface area contributed by atoms with Crippen molar-refractivity contribution in [1.82, 2.24) is 0 Å². The summed E-state index contributed by atoms with van der Waals surface area (Å²) in [6.07, 6.45) is 8.34. The van der Waals surface area contributed by atoms with E-state index in [1.54, 1.807) is 0 Å². The molecule has 0 aliphatic rings. The maximum atomic E-state index is 3.50. The highest BCUT2D eigenvalue weighted by molar-refractivity contribution is 7.99. The van der Waals surface area contributed by atoms with Gasteiger partial charge in [0.15, 0.2) is 0 Å². The van der Waals surface area contributed by atoms with Gasteiger partial charge in [-0.15, -0.1) is 11.8 Å². The van der Waals surface area contributed by atoms with Gasteiger partial charge in [-0.3, -0.25) is 0 Å². The van der Waals surface area contributed by atoms with Crippen LogP contribution in [0.3, 0.4) is 0 Å². The fourth-order valence-corrected chi connectivity index (χ4v) is 3.09. The molecule has 0 radical (unpaired) electrons. The molecule has 0 saturated heterocycles. The summed E-state index contributed by atoms with van der Waals surface area (Å²) >= 11 is 2.01. The molecule has 0 unspecified atom stereocenters. The summed E-state index contributed by atoms with van der Waals surface area (Å²) in [5.41, 5.74) is 3.93. The fourth-order valence-electron chi connectivity index (χ4n) is 2.27. The van der Waals surface area contributed by atoms with Gasteiger partial charge in [0, 0.05) is 5.69 Å². The summed E-state index contributed by atoms with van der Waals surface area (Å²) in [6.45, 7) is 6.58. The van der Waals surface area contributed by atoms with Crippen molar-refractivity contribution >= 4 is 17.4 Å². The lowest BCUT2D eigenvalue weighted by Gasteiger charge is -2.08. The van der Waals surface area contributed by atoms with Gasteiger partial charge in [0.2, 0.25) is 0 Å². The number of unbranched alkanes of at least 4 members (excludes halogenated alkanes) is 5. The molecule has 19 heavy (non-hydrogen) atoms. The summed E-state index contributed by atoms with van der Waals surface area (Å²) in [5, 5.41) is 3.50. The third-order valence-electron chi connectivity index (χ3n) is 3.24. The van der Waals surface area contributed by atoms with Crippen molar-refractivity contribution in [2.75, 3.05) is 16.9 Å². The van der Waals surface area contributed by atoms with Crippen molar-refractivity contribution in [2.24, 2.45) is 0 Å². The summed E-state index contributed by atoms with van der Waals surface area (Å²) in [5.74, 6) is 2.31. The Hall–Kier alpha value is -0.630. The van der Waals surface area contributed by atoms with E-state index in [-0.39, 0.29) is 0 Å². The Balaban J connectivity index is 2.01. The number of hydrogen-bond acceptors (Lipinski definition) is 2. The second-order valence-corrected chi connectivity index (χ2v) is 6.48. The molecule has 108 valence electrons. The maximum absolute atomic E-state index is 3.50. The molecular weight excluding hydrogens is 250 g/mol. The van der Waals surface area contributed by atoms with E-state index in [0.717, 1.165) is 5.88 Å². The molecule has 0 saturated carbocycles. The number of hydrogen-bond donors (Lipinski definition) is 1. The number of rotatable bonds is 10. The lowest BCUT2D eigenvalue weighted by Crippen LogP contribution is -1.99. The first-order valence-corrected chi connectivity index (χ1v) is 8.77. The van der Waals surface area contributed by atoms with Crippen LogP contribution in [-0.2, 0) is 0 Å². The number of anilines is 1. The Bertz CT molecular complexity index is 329. The minimum Gasteiger partial charge on any atom is -0.376 e. The second kappa shape index (κ2) is 10.2. The Labute approximate surface area is 123 Å². The molecule has 2 heteroatoms. The monoisotopic (exact) mass is 279 g/mol. The van der Waals surface area contributed by atoms with Crippen LogP contribution in [0.5, 0.6) is 0 Å². The first-order valence-electron chi connectivity index (χ1n) is 7.62. The van der Waals surface area contributed by atoms with Crippen LogP contribution in [-0.4, -0.2) is 11.6 Å². The van der Waals surface area contributed by atoms with E-state index in [4.69, 9.17) is 0 Å². The SMILES string of the molecule is CCCCCCCCSCNc1cc(C)cc(C)c1. The zero-order valence-corrected chi connectivity index (χ0v) is 13.6. The minimum atomic E-state index is 1.03. The van der Waals surface area contributed by atoms with Crippen molar-refractivity contribution in [3.8, 4) is 0 Å². The van der Waals surface area contributed by atoms with E-state index < -0.39 is 0 Å². The molecule has 0 spiro atoms. The van der Waals surface area contributed by atoms with Gasteiger partial charge >= 0.3 is 0 Å². The van der Waals surface area contributed by atoms with Crippen molar-refractivity contribution in [1.29, 1.82) is 0 Å². The largest absolute Gasteiger partial charge is 0.376 e. The third-order valence-corrected chi connectivity index (χ3v) is 4.17. The van der Waals surface area contributed by atoms with Crippen molar-refractivity contribution in [3.05, 3.63) is 29.3 Å². The van der Waals surface area contributed by atoms with Crippen LogP contribution in [0.25, 0.3) is 0 Å². The Morgan fingerprint density at radius 1 is 0.895 bits per heavy atom. The Morgan fingerprint density at radius 2 is 1.53 bits per heavy atom. The van der Waals surface area contributed by atoms with Gasteiger partial charge in [0.25, 0.3) is 0 Å². The first kappa shape index (κ1) is 16.4. The van der Waals surface area contributed by atoms with Crippen LogP contribution in [0.4, 0.5) is 5.69 Å². The molecule has 0 fully saturated rings. The zero-order chi connectivity index (χ0) is 13.9. The Kier molecular flexibility index (Phi) is 8.81. The van der Waals surface area contributed by atoms with Crippen molar-refractivity contribution in [2.45, 2.75) is 59.3 Å². The molecule has 0 amide bonds. The predicted octanol–water partition coefficient (Wildman–Crippen LogP) is 5.77. The molecular formula is C17H29NS. The smallest absolute Gasteiger partial charge is 0.0610 e. The molecule has 0 bridgehead atoms. The van der Waals surface area contributed by atoms with Gasteiger partial charge in [-0.25, -0.2) is 0 Å². The molecule has 1 nitrogen and oxygen atoms in total. The van der Waals surface area contributed by atoms with E-state index in [0.29, 0.717) is 0 Å². The predicted molar refractivity (Wildman–Crippen MR) is 90.2 cm³/mol. The lowest BCUT2D eigenvalue weighted by atomic mass is 10.1. The van der Waals surface area contributed by atoms with Gasteiger partial charge in [-0.05, 0) is 49.3 Å². The van der Waals surface area contributed by atoms with E-state index in [1.807, 2.05) is 11.8 Å². The van der Waals surface area contributed by atoms with Crippen molar-refractivity contribution in [3.63, 3.8) is 0 Å². The average molecular weight is 279 g/mol. The van der Waals surface area contributed by atoms with Crippen LogP contribution in [0.15, 0.2) is 18.2 Å². The van der Waals surface area contributed by atoms with E-state index in [2.05, 4.69) is 44.3 Å². The van der Waals surface area contributed by atoms with Gasteiger partial charge in [-0.2, -0.15) is 0 Å². The standard InChI is InChI=1S/C17H29NS/c1-4-5-6-7-8-9-10-19-14-18-17-12-15(2)11-16(3)13-17/h11-13,18H,4-10,14H2,1-3H3. The summed E-state index contributed by atoms with van der Waals surface area (Å²) in [7, 11) is 0. The normalized spacial score (nSPS) is 10.7. The highest BCUT2D eigenvalue weighted by Gasteiger charge is 1.95. The molecule has 1 aromatic carbocycles. The Morgan fingerprint density at radius 3 is 2.21 bits per heavy atom. The van der Waals surface area contributed by atoms with Crippen LogP contribution in [0.1, 0.15) is 56.6 Å². The second-order valence-electron chi connectivity index (χ2n) is 5.37. The molecule has 1 rings (SSSR count). The molecule has 0 aliphatic heterocycles. The van der Waals surface area contributed by atoms with Crippen LogP contribution in [0, 0.1) is 13.8 Å². The zero-order valence-electron chi connectivity index (χ0n) is 12.8. The topological polar surface area (TPSA) is 12.0 Å². The fraction of sp³-hybridized carbons (Fsp3) is 0.647. The number of nitrogens with one attached hydrogen (secondary N) is 1. The molecule has 0 heterocycles. The maximum Gasteiger partial charge on any atom is 0.0610 e. The number of aryl methyl sites for hydroxylation is 2. The lowest BCUT2D eigenvalue weighted by molar-refractivity contribution is 0.627. The first-order chi connectivity index (χ1) is 9.22. The molecule has 1 N–H and O–H groups in total. The molecule has 0 atom stereocenters. The highest BCUT2D eigenvalue weighted by atomic mass is 32.2. The average Bonchev–Trinajstić information content (AvgIpc) is 2.36. The minimum absolute atomic E-state index is 1.03. The molecule has 0 aromatic heterocycles. The number of thioether (sulfide) groups is 1. The van der Waals surface area contributed by atoms with E-state index in [9.17, 15) is 0 Å². The van der Waals surface area contributed by atoms with Crippen LogP contribution < -0.4 is 5.32 Å².